The van der Waals surface area contributed by atoms with Crippen molar-refractivity contribution in [3.63, 3.8) is 0 Å². The number of unbranched alkanes of at least 4 members (excludes halogenated alkanes) is 1. The summed E-state index contributed by atoms with van der Waals surface area (Å²) in [5, 5.41) is 9.08. The number of esters is 1. The lowest BCUT2D eigenvalue weighted by molar-refractivity contribution is -0.142. The van der Waals surface area contributed by atoms with Gasteiger partial charge in [-0.15, -0.1) is 0 Å². The van der Waals surface area contributed by atoms with Gasteiger partial charge in [0, 0.05) is 0 Å². The Kier molecular flexibility index (Phi) is 6.28. The highest BCUT2D eigenvalue weighted by Crippen LogP contribution is 2.56. The van der Waals surface area contributed by atoms with Gasteiger partial charge < -0.3 is 14.4 Å². The number of hydrogen-bond acceptors (Lipinski definition) is 5. The Bertz CT molecular complexity index is 922. The topological polar surface area (TPSA) is 62.3 Å². The van der Waals surface area contributed by atoms with E-state index in [0.29, 0.717) is 12.2 Å². The van der Waals surface area contributed by atoms with Crippen molar-refractivity contribution in [2.24, 2.45) is 0 Å². The highest BCUT2D eigenvalue weighted by atomic mass is 16.5. The molecule has 6 heteroatoms. The van der Waals surface area contributed by atoms with Crippen LogP contribution in [0.25, 0.3) is 0 Å². The molecule has 0 aliphatic carbocycles. The van der Waals surface area contributed by atoms with E-state index in [2.05, 4.69) is 19.6 Å². The number of hydrogen-bond donors (Lipinski definition) is 0. The lowest BCUT2D eigenvalue weighted by Gasteiger charge is -2.16. The van der Waals surface area contributed by atoms with Crippen LogP contribution in [0.5, 0.6) is 5.75 Å². The molecule has 29 heavy (non-hydrogen) atoms. The second-order valence-corrected chi connectivity index (χ2v) is 7.21. The van der Waals surface area contributed by atoms with Crippen LogP contribution in [0, 0.1) is 11.3 Å². The number of nitriles is 1. The number of para-hydroxylation sites is 2. The fraction of sp³-hybridized carbons (Fsp3) is 0.304. The minimum absolute atomic E-state index is 0.164. The molecular weight excluding hydrogens is 363 g/mol. The van der Waals surface area contributed by atoms with E-state index in [-0.39, 0.29) is 18.6 Å². The molecule has 0 saturated carbocycles. The fourth-order valence-electron chi connectivity index (χ4n) is 3.59. The molecule has 2 aromatic rings. The highest BCUT2D eigenvalue weighted by Gasteiger charge is 2.66. The van der Waals surface area contributed by atoms with Crippen LogP contribution in [0.3, 0.4) is 0 Å². The van der Waals surface area contributed by atoms with Gasteiger partial charge in [0.1, 0.15) is 17.8 Å². The van der Waals surface area contributed by atoms with Crippen molar-refractivity contribution in [1.29, 1.82) is 5.26 Å². The number of anilines is 1. The lowest BCUT2D eigenvalue weighted by Crippen LogP contribution is -2.32. The first-order valence-corrected chi connectivity index (χ1v) is 9.87. The van der Waals surface area contributed by atoms with E-state index >= 15 is 0 Å². The van der Waals surface area contributed by atoms with Gasteiger partial charge in [-0.25, -0.2) is 0 Å². The standard InChI is InChI=1S/C23H25BN2O3/c1-3-5-15-28-20-9-7-6-8-19(20)26-21(18-12-10-17(16-25)11-13-18)23(26,24)22(27)29-14-4-2/h4,6-13,21H,2-3,5,14-15,24H2,1H3/t21-,23-,26?/m1/s1. The fourth-order valence-corrected chi connectivity index (χ4v) is 3.59. The molecule has 3 rings (SSSR count). The van der Waals surface area contributed by atoms with Crippen LogP contribution in [0.4, 0.5) is 5.69 Å². The maximum atomic E-state index is 12.9. The summed E-state index contributed by atoms with van der Waals surface area (Å²) in [4.78, 5) is 15.0. The average molecular weight is 388 g/mol. The van der Waals surface area contributed by atoms with Gasteiger partial charge in [0.15, 0.2) is 7.85 Å². The van der Waals surface area contributed by atoms with Crippen LogP contribution in [-0.2, 0) is 9.53 Å². The van der Waals surface area contributed by atoms with Crippen molar-refractivity contribution in [1.82, 2.24) is 0 Å². The number of carbonyl (C=O) groups excluding carboxylic acids is 1. The van der Waals surface area contributed by atoms with Crippen molar-refractivity contribution >= 4 is 19.5 Å². The van der Waals surface area contributed by atoms with Gasteiger partial charge >= 0.3 is 5.97 Å². The third kappa shape index (κ3) is 4.00. The molecule has 0 aromatic heterocycles. The van der Waals surface area contributed by atoms with E-state index in [9.17, 15) is 4.79 Å². The van der Waals surface area contributed by atoms with Crippen molar-refractivity contribution in [2.75, 3.05) is 18.1 Å². The molecule has 0 bridgehead atoms. The number of carbonyl (C=O) groups is 1. The van der Waals surface area contributed by atoms with Crippen molar-refractivity contribution in [2.45, 2.75) is 31.2 Å². The predicted octanol–water partition coefficient (Wildman–Crippen LogP) is 3.36. The monoisotopic (exact) mass is 388 g/mol. The Morgan fingerprint density at radius 2 is 2.03 bits per heavy atom. The Balaban J connectivity index is 1.97. The first-order chi connectivity index (χ1) is 14.1. The van der Waals surface area contributed by atoms with Crippen LogP contribution in [0.15, 0.2) is 61.2 Å². The first kappa shape index (κ1) is 20.5. The summed E-state index contributed by atoms with van der Waals surface area (Å²) >= 11 is 0. The van der Waals surface area contributed by atoms with Crippen LogP contribution in [-0.4, -0.2) is 32.5 Å². The summed E-state index contributed by atoms with van der Waals surface area (Å²) < 4.78 is 11.4. The first-order valence-electron chi connectivity index (χ1n) is 9.87. The number of nitrogens with zero attached hydrogens (tertiary/aromatic N) is 2. The summed E-state index contributed by atoms with van der Waals surface area (Å²) in [5.74, 6) is 0.440. The van der Waals surface area contributed by atoms with E-state index < -0.39 is 5.44 Å². The summed E-state index contributed by atoms with van der Waals surface area (Å²) in [6.07, 6.45) is 3.57. The maximum Gasteiger partial charge on any atom is 0.325 e. The molecule has 1 aliphatic heterocycles. The van der Waals surface area contributed by atoms with Crippen LogP contribution < -0.4 is 9.64 Å². The van der Waals surface area contributed by atoms with Crippen LogP contribution in [0.2, 0.25) is 0 Å². The Morgan fingerprint density at radius 1 is 1.31 bits per heavy atom. The molecule has 2 atom stereocenters. The molecule has 5 nitrogen and oxygen atoms in total. The van der Waals surface area contributed by atoms with E-state index in [1.54, 1.807) is 18.2 Å². The predicted molar refractivity (Wildman–Crippen MR) is 116 cm³/mol. The molecule has 1 saturated heterocycles. The molecule has 1 fully saturated rings. The van der Waals surface area contributed by atoms with Gasteiger partial charge in [0.25, 0.3) is 0 Å². The maximum absolute atomic E-state index is 12.9. The normalized spacial score (nSPS) is 19.9. The molecule has 0 amide bonds. The number of rotatable bonds is 9. The largest absolute Gasteiger partial charge is 0.491 e. The summed E-state index contributed by atoms with van der Waals surface area (Å²) in [7, 11) is 1.88. The quantitative estimate of drug-likeness (QED) is 0.217. The third-order valence-electron chi connectivity index (χ3n) is 5.20. The van der Waals surface area contributed by atoms with Crippen molar-refractivity contribution in [3.05, 3.63) is 72.3 Å². The van der Waals surface area contributed by atoms with Gasteiger partial charge in [-0.05, 0) is 36.2 Å². The zero-order valence-electron chi connectivity index (χ0n) is 16.9. The molecular formula is C23H25BN2O3. The average Bonchev–Trinajstić information content (AvgIpc) is 3.39. The van der Waals surface area contributed by atoms with E-state index in [0.717, 1.165) is 29.8 Å². The van der Waals surface area contributed by atoms with Crippen molar-refractivity contribution in [3.8, 4) is 11.8 Å². The van der Waals surface area contributed by atoms with Gasteiger partial charge in [0.05, 0.1) is 30.0 Å². The van der Waals surface area contributed by atoms with Crippen LogP contribution in [0.1, 0.15) is 36.9 Å². The van der Waals surface area contributed by atoms with Crippen molar-refractivity contribution < 1.29 is 14.3 Å². The third-order valence-corrected chi connectivity index (χ3v) is 5.20. The summed E-state index contributed by atoms with van der Waals surface area (Å²) in [6, 6.07) is 17.0. The Hall–Kier alpha value is -3.20. The smallest absolute Gasteiger partial charge is 0.325 e. The zero-order chi connectivity index (χ0) is 20.9. The van der Waals surface area contributed by atoms with E-state index in [1.807, 2.05) is 49.1 Å². The Morgan fingerprint density at radius 3 is 2.69 bits per heavy atom. The van der Waals surface area contributed by atoms with Gasteiger partial charge in [-0.1, -0.05) is 50.3 Å². The molecule has 2 aromatic carbocycles. The SMILES string of the molecule is B[C@]1(C(=O)OCC=C)[C@@H](c2ccc(C#N)cc2)N1c1ccccc1OCCCC. The summed E-state index contributed by atoms with van der Waals surface area (Å²) in [5.41, 5.74) is 1.53. The molecule has 1 aliphatic rings. The number of ether oxygens (including phenoxy) is 2. The van der Waals surface area contributed by atoms with E-state index in [1.165, 1.54) is 0 Å². The molecule has 0 N–H and O–H groups in total. The molecule has 0 spiro atoms. The molecule has 0 radical (unpaired) electrons. The van der Waals surface area contributed by atoms with Gasteiger partial charge in [-0.3, -0.25) is 4.79 Å². The Labute approximate surface area is 173 Å². The minimum Gasteiger partial charge on any atom is -0.491 e. The second-order valence-electron chi connectivity index (χ2n) is 7.21. The zero-order valence-corrected chi connectivity index (χ0v) is 16.9. The number of benzene rings is 2. The molecule has 0 unspecified atom stereocenters. The molecule has 148 valence electrons. The molecule has 1 heterocycles. The van der Waals surface area contributed by atoms with E-state index in [4.69, 9.17) is 14.7 Å². The van der Waals surface area contributed by atoms with Gasteiger partial charge in [0.2, 0.25) is 0 Å². The summed E-state index contributed by atoms with van der Waals surface area (Å²) in [6.45, 7) is 6.53. The minimum atomic E-state index is -0.860. The van der Waals surface area contributed by atoms with Gasteiger partial charge in [-0.2, -0.15) is 5.26 Å². The highest BCUT2D eigenvalue weighted by molar-refractivity contribution is 6.34. The van der Waals surface area contributed by atoms with Crippen LogP contribution >= 0.6 is 0 Å². The second kappa shape index (κ2) is 8.87. The lowest BCUT2D eigenvalue weighted by atomic mass is 9.81.